The summed E-state index contributed by atoms with van der Waals surface area (Å²) >= 11 is 0. The summed E-state index contributed by atoms with van der Waals surface area (Å²) in [5.74, 6) is 0.0576. The first-order valence-corrected chi connectivity index (χ1v) is 7.80. The van der Waals surface area contributed by atoms with Crippen LogP contribution in [-0.4, -0.2) is 69.0 Å². The van der Waals surface area contributed by atoms with Gasteiger partial charge in [-0.15, -0.1) is 0 Å². The van der Waals surface area contributed by atoms with Crippen molar-refractivity contribution in [2.75, 3.05) is 32.8 Å². The average molecular weight is 302 g/mol. The van der Waals surface area contributed by atoms with Crippen molar-refractivity contribution in [3.63, 3.8) is 0 Å². The lowest BCUT2D eigenvalue weighted by molar-refractivity contribution is 0.0472. The average Bonchev–Trinajstić information content (AvgIpc) is 3.03. The normalized spacial score (nSPS) is 17.8. The number of carbonyl (C=O) groups is 1. The molecular weight excluding hydrogens is 280 g/mol. The molecule has 118 valence electrons. The number of fused-ring (bicyclic) bond motifs is 1. The first-order valence-electron chi connectivity index (χ1n) is 7.80. The summed E-state index contributed by atoms with van der Waals surface area (Å²) in [5, 5.41) is 9.38. The topological polar surface area (TPSA) is 61.1 Å². The molecule has 3 rings (SSSR count). The molecule has 2 aromatic heterocycles. The monoisotopic (exact) mass is 302 g/mol. The molecule has 0 spiro atoms. The van der Waals surface area contributed by atoms with Crippen molar-refractivity contribution in [1.29, 1.82) is 0 Å². The number of nitrogens with zero attached hydrogens (tertiary/aromatic N) is 4. The van der Waals surface area contributed by atoms with E-state index >= 15 is 0 Å². The van der Waals surface area contributed by atoms with E-state index in [2.05, 4.69) is 16.8 Å². The Hall–Kier alpha value is -1.92. The Labute approximate surface area is 130 Å². The molecule has 6 nitrogen and oxygen atoms in total. The molecule has 0 unspecified atom stereocenters. The van der Waals surface area contributed by atoms with Gasteiger partial charge in [-0.25, -0.2) is 4.98 Å². The number of amides is 1. The Bertz CT molecular complexity index is 642. The maximum absolute atomic E-state index is 12.6. The Morgan fingerprint density at radius 2 is 2.09 bits per heavy atom. The van der Waals surface area contributed by atoms with Crippen molar-refractivity contribution >= 4 is 11.6 Å². The summed E-state index contributed by atoms with van der Waals surface area (Å²) in [6.45, 7) is 5.30. The number of piperazine rings is 1. The van der Waals surface area contributed by atoms with Gasteiger partial charge in [-0.3, -0.25) is 9.69 Å². The van der Waals surface area contributed by atoms with E-state index in [1.807, 2.05) is 33.8 Å². The fraction of sp³-hybridized carbons (Fsp3) is 0.500. The van der Waals surface area contributed by atoms with E-state index < -0.39 is 0 Å². The number of rotatable bonds is 4. The molecule has 6 heteroatoms. The van der Waals surface area contributed by atoms with Crippen LogP contribution < -0.4 is 0 Å². The first kappa shape index (κ1) is 15.0. The van der Waals surface area contributed by atoms with E-state index in [4.69, 9.17) is 0 Å². The number of carbonyl (C=O) groups excluding carboxylic acids is 1. The van der Waals surface area contributed by atoms with Gasteiger partial charge in [0.2, 0.25) is 0 Å². The van der Waals surface area contributed by atoms with Crippen LogP contribution in [0.1, 0.15) is 23.7 Å². The molecule has 0 radical (unpaired) electrons. The largest absolute Gasteiger partial charge is 0.395 e. The van der Waals surface area contributed by atoms with E-state index in [9.17, 15) is 9.90 Å². The standard InChI is InChI=1S/C16H22N4O2/c1-2-14(12-21)18-7-9-20(10-8-18)16(22)13-3-5-19-6-4-17-15(19)11-13/h3-6,11,14,21H,2,7-10,12H2,1H3/t14-/m0/s1. The highest BCUT2D eigenvalue weighted by Crippen LogP contribution is 2.13. The first-order chi connectivity index (χ1) is 10.7. The van der Waals surface area contributed by atoms with E-state index in [-0.39, 0.29) is 18.6 Å². The van der Waals surface area contributed by atoms with Gasteiger partial charge in [0, 0.05) is 56.4 Å². The van der Waals surface area contributed by atoms with Gasteiger partial charge in [0.05, 0.1) is 6.61 Å². The van der Waals surface area contributed by atoms with Crippen molar-refractivity contribution in [3.8, 4) is 0 Å². The van der Waals surface area contributed by atoms with Gasteiger partial charge in [-0.1, -0.05) is 6.92 Å². The minimum Gasteiger partial charge on any atom is -0.395 e. The van der Waals surface area contributed by atoms with Crippen molar-refractivity contribution in [2.45, 2.75) is 19.4 Å². The molecule has 1 aliphatic heterocycles. The van der Waals surface area contributed by atoms with Crippen LogP contribution in [-0.2, 0) is 0 Å². The van der Waals surface area contributed by atoms with Crippen molar-refractivity contribution in [1.82, 2.24) is 19.2 Å². The second kappa shape index (κ2) is 6.46. The van der Waals surface area contributed by atoms with Crippen LogP contribution in [0.15, 0.2) is 30.7 Å². The Morgan fingerprint density at radius 3 is 2.77 bits per heavy atom. The fourth-order valence-corrected chi connectivity index (χ4v) is 3.02. The third-order valence-corrected chi connectivity index (χ3v) is 4.44. The highest BCUT2D eigenvalue weighted by molar-refractivity contribution is 5.95. The zero-order valence-electron chi connectivity index (χ0n) is 12.9. The van der Waals surface area contributed by atoms with Gasteiger partial charge in [0.1, 0.15) is 5.65 Å². The van der Waals surface area contributed by atoms with Gasteiger partial charge >= 0.3 is 0 Å². The van der Waals surface area contributed by atoms with Crippen molar-refractivity contribution in [2.24, 2.45) is 0 Å². The lowest BCUT2D eigenvalue weighted by Gasteiger charge is -2.38. The Morgan fingerprint density at radius 1 is 1.32 bits per heavy atom. The highest BCUT2D eigenvalue weighted by atomic mass is 16.3. The molecule has 2 aromatic rings. The van der Waals surface area contributed by atoms with E-state index in [1.165, 1.54) is 0 Å². The molecule has 1 amide bonds. The van der Waals surface area contributed by atoms with Crippen LogP contribution >= 0.6 is 0 Å². The molecule has 22 heavy (non-hydrogen) atoms. The fourth-order valence-electron chi connectivity index (χ4n) is 3.02. The van der Waals surface area contributed by atoms with Gasteiger partial charge in [0.15, 0.2) is 0 Å². The summed E-state index contributed by atoms with van der Waals surface area (Å²) in [7, 11) is 0. The summed E-state index contributed by atoms with van der Waals surface area (Å²) in [5.41, 5.74) is 1.47. The SMILES string of the molecule is CC[C@@H](CO)N1CCN(C(=O)c2ccn3ccnc3c2)CC1. The van der Waals surface area contributed by atoms with Crippen LogP contribution in [0.5, 0.6) is 0 Å². The van der Waals surface area contributed by atoms with Crippen LogP contribution in [0.3, 0.4) is 0 Å². The zero-order chi connectivity index (χ0) is 15.5. The summed E-state index contributed by atoms with van der Waals surface area (Å²) in [6.07, 6.45) is 6.38. The molecule has 1 N–H and O–H groups in total. The lowest BCUT2D eigenvalue weighted by Crippen LogP contribution is -2.52. The smallest absolute Gasteiger partial charge is 0.254 e. The molecule has 0 bridgehead atoms. The number of aliphatic hydroxyl groups excluding tert-OH is 1. The molecule has 1 fully saturated rings. The molecule has 1 atom stereocenters. The third kappa shape index (κ3) is 2.84. The molecule has 0 aromatic carbocycles. The number of hydrogen-bond acceptors (Lipinski definition) is 4. The summed E-state index contributed by atoms with van der Waals surface area (Å²) in [6, 6.07) is 3.88. The van der Waals surface area contributed by atoms with E-state index in [0.29, 0.717) is 18.7 Å². The third-order valence-electron chi connectivity index (χ3n) is 4.44. The quantitative estimate of drug-likeness (QED) is 0.910. The molecule has 0 saturated carbocycles. The number of hydrogen-bond donors (Lipinski definition) is 1. The Kier molecular flexibility index (Phi) is 4.40. The summed E-state index contributed by atoms with van der Waals surface area (Å²) < 4.78 is 1.89. The van der Waals surface area contributed by atoms with E-state index in [1.54, 1.807) is 6.20 Å². The van der Waals surface area contributed by atoms with Crippen LogP contribution in [0.4, 0.5) is 0 Å². The minimum absolute atomic E-state index is 0.0576. The van der Waals surface area contributed by atoms with Gasteiger partial charge in [-0.2, -0.15) is 0 Å². The second-order valence-corrected chi connectivity index (χ2v) is 5.68. The highest BCUT2D eigenvalue weighted by Gasteiger charge is 2.25. The van der Waals surface area contributed by atoms with Crippen molar-refractivity contribution in [3.05, 3.63) is 36.3 Å². The van der Waals surface area contributed by atoms with Gasteiger partial charge in [-0.05, 0) is 18.6 Å². The van der Waals surface area contributed by atoms with E-state index in [0.717, 1.165) is 25.2 Å². The molecule has 1 aliphatic rings. The number of aliphatic hydroxyl groups is 1. The minimum atomic E-state index is 0.0576. The van der Waals surface area contributed by atoms with Crippen LogP contribution in [0.2, 0.25) is 0 Å². The molecular formula is C16H22N4O2. The number of aromatic nitrogens is 2. The molecule has 0 aliphatic carbocycles. The maximum Gasteiger partial charge on any atom is 0.254 e. The van der Waals surface area contributed by atoms with Gasteiger partial charge < -0.3 is 14.4 Å². The zero-order valence-corrected chi connectivity index (χ0v) is 12.9. The number of pyridine rings is 1. The van der Waals surface area contributed by atoms with Gasteiger partial charge in [0.25, 0.3) is 5.91 Å². The second-order valence-electron chi connectivity index (χ2n) is 5.68. The van der Waals surface area contributed by atoms with Crippen LogP contribution in [0, 0.1) is 0 Å². The van der Waals surface area contributed by atoms with Crippen molar-refractivity contribution < 1.29 is 9.90 Å². The Balaban J connectivity index is 1.66. The predicted molar refractivity (Wildman–Crippen MR) is 83.8 cm³/mol. The number of imidazole rings is 1. The summed E-state index contributed by atoms with van der Waals surface area (Å²) in [4.78, 5) is 21.0. The maximum atomic E-state index is 12.6. The molecule has 1 saturated heterocycles. The van der Waals surface area contributed by atoms with Crippen LogP contribution in [0.25, 0.3) is 5.65 Å². The predicted octanol–water partition coefficient (Wildman–Crippen LogP) is 0.863. The molecule has 3 heterocycles. The lowest BCUT2D eigenvalue weighted by atomic mass is 10.1.